The Bertz CT molecular complexity index is 1070. The molecule has 8 nitrogen and oxygen atoms in total. The summed E-state index contributed by atoms with van der Waals surface area (Å²) in [7, 11) is -3.62. The van der Waals surface area contributed by atoms with E-state index in [4.69, 9.17) is 0 Å². The zero-order valence-electron chi connectivity index (χ0n) is 17.0. The molecule has 1 amide bonds. The number of hydrogen-bond acceptors (Lipinski definition) is 6. The molecule has 0 unspecified atom stereocenters. The molecule has 12 heteroatoms. The highest BCUT2D eigenvalue weighted by atomic mass is 32.2. The van der Waals surface area contributed by atoms with Crippen molar-refractivity contribution in [2.75, 3.05) is 31.1 Å². The van der Waals surface area contributed by atoms with Gasteiger partial charge in [-0.15, -0.1) is 0 Å². The van der Waals surface area contributed by atoms with E-state index in [1.165, 1.54) is 21.6 Å². The average Bonchev–Trinajstić information content (AvgIpc) is 3.09. The molecule has 4 rings (SSSR count). The van der Waals surface area contributed by atoms with Gasteiger partial charge in [0.15, 0.2) is 6.61 Å². The minimum Gasteiger partial charge on any atom is -0.454 e. The van der Waals surface area contributed by atoms with Crippen LogP contribution in [0, 0.1) is 5.41 Å². The molecule has 0 N–H and O–H groups in total. The third kappa shape index (κ3) is 4.42. The number of anilines is 1. The Kier molecular flexibility index (Phi) is 5.84. The summed E-state index contributed by atoms with van der Waals surface area (Å²) in [5, 5.41) is 0. The van der Waals surface area contributed by atoms with E-state index in [0.717, 1.165) is 0 Å². The maximum Gasteiger partial charge on any atom is 0.422 e. The van der Waals surface area contributed by atoms with Gasteiger partial charge in [-0.2, -0.15) is 17.5 Å². The molecule has 1 spiro atoms. The second-order valence-electron chi connectivity index (χ2n) is 7.83. The van der Waals surface area contributed by atoms with E-state index in [0.29, 0.717) is 31.5 Å². The van der Waals surface area contributed by atoms with Crippen molar-refractivity contribution in [1.29, 1.82) is 0 Å². The van der Waals surface area contributed by atoms with E-state index in [-0.39, 0.29) is 23.9 Å². The number of aromatic nitrogens is 2. The summed E-state index contributed by atoms with van der Waals surface area (Å²) in [4.78, 5) is 22.4. The standard InChI is InChI=1S/C20H21F3N4O4S/c21-20(22,23)14-31-18-24-12-15(13-25-18)27-11-8-19(17(27)28)6-9-26(10-7-19)32(29,30)16-4-2-1-3-5-16/h1-5,12-13H,6-11,14H2. The fourth-order valence-corrected chi connectivity index (χ4v) is 5.56. The maximum atomic E-state index is 13.2. The summed E-state index contributed by atoms with van der Waals surface area (Å²) >= 11 is 0. The number of carbonyl (C=O) groups excluding carboxylic acids is 1. The Morgan fingerprint density at radius 2 is 1.59 bits per heavy atom. The van der Waals surface area contributed by atoms with Crippen LogP contribution in [0.4, 0.5) is 18.9 Å². The summed E-state index contributed by atoms with van der Waals surface area (Å²) in [6.07, 6.45) is -0.654. The van der Waals surface area contributed by atoms with E-state index in [1.54, 1.807) is 30.3 Å². The molecule has 1 aromatic heterocycles. The fraction of sp³-hybridized carbons (Fsp3) is 0.450. The number of benzene rings is 1. The van der Waals surface area contributed by atoms with Gasteiger partial charge in [0.1, 0.15) is 0 Å². The first-order chi connectivity index (χ1) is 15.1. The SMILES string of the molecule is O=C1N(c2cnc(OCC(F)(F)F)nc2)CCC12CCN(S(=O)(=O)c1ccccc1)CC2. The first-order valence-electron chi connectivity index (χ1n) is 10.00. The van der Waals surface area contributed by atoms with Crippen LogP contribution in [-0.4, -0.2) is 61.0 Å². The van der Waals surface area contributed by atoms with Crippen LogP contribution in [0.5, 0.6) is 6.01 Å². The van der Waals surface area contributed by atoms with Gasteiger partial charge in [-0.3, -0.25) is 4.79 Å². The number of sulfonamides is 1. The first kappa shape index (κ1) is 22.5. The molecule has 0 aliphatic carbocycles. The van der Waals surface area contributed by atoms with Gasteiger partial charge in [0.05, 0.1) is 28.4 Å². The van der Waals surface area contributed by atoms with Gasteiger partial charge >= 0.3 is 12.2 Å². The van der Waals surface area contributed by atoms with Crippen LogP contribution in [0.25, 0.3) is 0 Å². The minimum atomic E-state index is -4.50. The number of carbonyl (C=O) groups is 1. The molecular weight excluding hydrogens is 449 g/mol. The largest absolute Gasteiger partial charge is 0.454 e. The Morgan fingerprint density at radius 1 is 1.00 bits per heavy atom. The Morgan fingerprint density at radius 3 is 2.19 bits per heavy atom. The van der Waals surface area contributed by atoms with Crippen LogP contribution in [0.15, 0.2) is 47.6 Å². The summed E-state index contributed by atoms with van der Waals surface area (Å²) in [5.41, 5.74) is -0.306. The van der Waals surface area contributed by atoms with Crippen molar-refractivity contribution in [2.24, 2.45) is 5.41 Å². The molecule has 3 heterocycles. The summed E-state index contributed by atoms with van der Waals surface area (Å²) < 4.78 is 68.3. The van der Waals surface area contributed by atoms with E-state index < -0.39 is 34.2 Å². The number of halogens is 3. The molecule has 32 heavy (non-hydrogen) atoms. The van der Waals surface area contributed by atoms with Crippen molar-refractivity contribution in [3.63, 3.8) is 0 Å². The maximum absolute atomic E-state index is 13.2. The van der Waals surface area contributed by atoms with Crippen LogP contribution < -0.4 is 9.64 Å². The summed E-state index contributed by atoms with van der Waals surface area (Å²) in [5.74, 6) is -0.151. The van der Waals surface area contributed by atoms with Crippen LogP contribution in [0.1, 0.15) is 19.3 Å². The smallest absolute Gasteiger partial charge is 0.422 e. The van der Waals surface area contributed by atoms with E-state index in [2.05, 4.69) is 14.7 Å². The zero-order valence-corrected chi connectivity index (χ0v) is 17.8. The van der Waals surface area contributed by atoms with Crippen molar-refractivity contribution in [3.8, 4) is 6.01 Å². The molecule has 0 bridgehead atoms. The zero-order chi connectivity index (χ0) is 23.0. The lowest BCUT2D eigenvalue weighted by molar-refractivity contribution is -0.154. The van der Waals surface area contributed by atoms with Crippen molar-refractivity contribution >= 4 is 21.6 Å². The van der Waals surface area contributed by atoms with Crippen molar-refractivity contribution in [2.45, 2.75) is 30.3 Å². The number of alkyl halides is 3. The highest BCUT2D eigenvalue weighted by Crippen LogP contribution is 2.43. The molecule has 0 atom stereocenters. The van der Waals surface area contributed by atoms with Crippen LogP contribution in [-0.2, 0) is 14.8 Å². The first-order valence-corrected chi connectivity index (χ1v) is 11.4. The molecule has 2 saturated heterocycles. The third-order valence-corrected chi connectivity index (χ3v) is 7.78. The average molecular weight is 470 g/mol. The number of nitrogens with zero attached hydrogens (tertiary/aromatic N) is 4. The second kappa shape index (κ2) is 8.32. The lowest BCUT2D eigenvalue weighted by Gasteiger charge is -2.37. The fourth-order valence-electron chi connectivity index (χ4n) is 4.10. The van der Waals surface area contributed by atoms with Crippen molar-refractivity contribution in [3.05, 3.63) is 42.7 Å². The highest BCUT2D eigenvalue weighted by molar-refractivity contribution is 7.89. The topological polar surface area (TPSA) is 92.7 Å². The molecule has 2 fully saturated rings. The summed E-state index contributed by atoms with van der Waals surface area (Å²) in [6, 6.07) is 7.74. The minimum absolute atomic E-state index is 0.151. The normalized spacial score (nSPS) is 19.5. The number of rotatable bonds is 5. The number of hydrogen-bond donors (Lipinski definition) is 0. The predicted octanol–water partition coefficient (Wildman–Crippen LogP) is 2.63. The van der Waals surface area contributed by atoms with Crippen molar-refractivity contribution in [1.82, 2.24) is 14.3 Å². The Labute approximate surface area is 183 Å². The van der Waals surface area contributed by atoms with Gasteiger partial charge in [0.25, 0.3) is 0 Å². The molecule has 2 aromatic rings. The predicted molar refractivity (Wildman–Crippen MR) is 107 cm³/mol. The Balaban J connectivity index is 1.41. The Hall–Kier alpha value is -2.73. The van der Waals surface area contributed by atoms with Crippen LogP contribution in [0.2, 0.25) is 0 Å². The molecule has 0 saturated carbocycles. The molecule has 172 valence electrons. The van der Waals surface area contributed by atoms with Crippen LogP contribution >= 0.6 is 0 Å². The molecular formula is C20H21F3N4O4S. The monoisotopic (exact) mass is 470 g/mol. The number of amides is 1. The van der Waals surface area contributed by atoms with E-state index >= 15 is 0 Å². The van der Waals surface area contributed by atoms with Gasteiger partial charge < -0.3 is 9.64 Å². The summed E-state index contributed by atoms with van der Waals surface area (Å²) in [6.45, 7) is -0.633. The lowest BCUT2D eigenvalue weighted by atomic mass is 9.77. The van der Waals surface area contributed by atoms with E-state index in [9.17, 15) is 26.4 Å². The molecule has 0 radical (unpaired) electrons. The molecule has 1 aromatic carbocycles. The second-order valence-corrected chi connectivity index (χ2v) is 9.77. The van der Waals surface area contributed by atoms with Gasteiger partial charge in [0, 0.05) is 19.6 Å². The number of piperidine rings is 1. The van der Waals surface area contributed by atoms with E-state index in [1.807, 2.05) is 0 Å². The highest BCUT2D eigenvalue weighted by Gasteiger charge is 2.50. The third-order valence-electron chi connectivity index (χ3n) is 5.86. The molecule has 2 aliphatic heterocycles. The van der Waals surface area contributed by atoms with Gasteiger partial charge in [0.2, 0.25) is 15.9 Å². The van der Waals surface area contributed by atoms with Crippen molar-refractivity contribution < 1.29 is 31.1 Å². The van der Waals surface area contributed by atoms with Gasteiger partial charge in [-0.1, -0.05) is 18.2 Å². The van der Waals surface area contributed by atoms with Gasteiger partial charge in [-0.05, 0) is 31.4 Å². The van der Waals surface area contributed by atoms with Crippen LogP contribution in [0.3, 0.4) is 0 Å². The lowest BCUT2D eigenvalue weighted by Crippen LogP contribution is -2.46. The van der Waals surface area contributed by atoms with Gasteiger partial charge in [-0.25, -0.2) is 18.4 Å². The quantitative estimate of drug-likeness (QED) is 0.667. The molecule has 2 aliphatic rings. The number of ether oxygens (including phenoxy) is 1.